The summed E-state index contributed by atoms with van der Waals surface area (Å²) in [5, 5.41) is 4.57. The van der Waals surface area contributed by atoms with Crippen LogP contribution < -0.4 is 19.1 Å². The van der Waals surface area contributed by atoms with Gasteiger partial charge in [-0.05, 0) is 64.7 Å². The summed E-state index contributed by atoms with van der Waals surface area (Å²) in [7, 11) is 3.33. The number of rotatable bonds is 11. The fraction of sp³-hybridized carbons (Fsp3) is 0.346. The topological polar surface area (TPSA) is 74.0 Å². The average Bonchev–Trinajstić information content (AvgIpc) is 3.24. The highest BCUT2D eigenvalue weighted by molar-refractivity contribution is 9.10. The molecule has 9 heteroatoms. The Hall–Kier alpha value is -3.33. The molecule has 4 aromatic rings. The number of aromatic nitrogens is 4. The normalized spacial score (nSPS) is 11.9. The van der Waals surface area contributed by atoms with E-state index in [-0.39, 0.29) is 6.10 Å². The van der Waals surface area contributed by atoms with Gasteiger partial charge < -0.3 is 19.1 Å². The van der Waals surface area contributed by atoms with Gasteiger partial charge in [-0.3, -0.25) is 0 Å². The van der Waals surface area contributed by atoms with Crippen LogP contribution in [0.5, 0.6) is 17.5 Å². The van der Waals surface area contributed by atoms with Crippen LogP contribution in [0.25, 0.3) is 5.65 Å². The third kappa shape index (κ3) is 6.03. The van der Waals surface area contributed by atoms with Crippen LogP contribution >= 0.6 is 15.9 Å². The molecule has 0 saturated carbocycles. The minimum Gasteiger partial charge on any atom is -0.497 e. The Morgan fingerprint density at radius 3 is 2.03 bits per heavy atom. The van der Waals surface area contributed by atoms with Crippen LogP contribution in [-0.4, -0.2) is 39.9 Å². The average molecular weight is 540 g/mol. The number of anilines is 1. The summed E-state index contributed by atoms with van der Waals surface area (Å²) in [6.45, 7) is 5.38. The third-order valence-electron chi connectivity index (χ3n) is 5.65. The number of fused-ring (bicyclic) bond motifs is 1. The molecule has 184 valence electrons. The van der Waals surface area contributed by atoms with E-state index in [0.29, 0.717) is 30.6 Å². The highest BCUT2D eigenvalue weighted by atomic mass is 79.9. The number of imidazole rings is 1. The maximum Gasteiger partial charge on any atom is 0.336 e. The van der Waals surface area contributed by atoms with Crippen molar-refractivity contribution in [3.63, 3.8) is 0 Å². The van der Waals surface area contributed by atoms with E-state index in [0.717, 1.165) is 40.1 Å². The zero-order valence-electron chi connectivity index (χ0n) is 20.4. The molecule has 35 heavy (non-hydrogen) atoms. The molecular formula is C26H30BrN5O3. The zero-order chi connectivity index (χ0) is 24.8. The Kier molecular flexibility index (Phi) is 8.07. The first-order valence-electron chi connectivity index (χ1n) is 11.6. The van der Waals surface area contributed by atoms with Gasteiger partial charge in [0.15, 0.2) is 11.5 Å². The predicted molar refractivity (Wildman–Crippen MR) is 139 cm³/mol. The van der Waals surface area contributed by atoms with E-state index in [1.807, 2.05) is 31.2 Å². The van der Waals surface area contributed by atoms with Gasteiger partial charge in [0.25, 0.3) is 0 Å². The molecule has 1 atom stereocenters. The van der Waals surface area contributed by atoms with E-state index in [1.54, 1.807) is 24.9 Å². The SMILES string of the molecule is CCCC(C)Oc1nc(N(Cc2ccc(OC)cc2)Cc2ccc(OC)cc2)c2ncc(Br)n2n1. The largest absolute Gasteiger partial charge is 0.497 e. The lowest BCUT2D eigenvalue weighted by Gasteiger charge is -2.25. The van der Waals surface area contributed by atoms with Crippen LogP contribution in [0.2, 0.25) is 0 Å². The number of nitrogens with zero attached hydrogens (tertiary/aromatic N) is 5. The van der Waals surface area contributed by atoms with E-state index >= 15 is 0 Å². The summed E-state index contributed by atoms with van der Waals surface area (Å²) in [6, 6.07) is 16.4. The molecule has 8 nitrogen and oxygen atoms in total. The Labute approximate surface area is 214 Å². The second-order valence-electron chi connectivity index (χ2n) is 8.30. The van der Waals surface area contributed by atoms with Crippen LogP contribution in [0.4, 0.5) is 5.82 Å². The predicted octanol–water partition coefficient (Wildman–Crippen LogP) is 5.68. The molecule has 0 fully saturated rings. The Morgan fingerprint density at radius 2 is 1.51 bits per heavy atom. The zero-order valence-corrected chi connectivity index (χ0v) is 22.0. The Bertz CT molecular complexity index is 1200. The Morgan fingerprint density at radius 1 is 0.943 bits per heavy atom. The van der Waals surface area contributed by atoms with E-state index in [9.17, 15) is 0 Å². The van der Waals surface area contributed by atoms with Crippen molar-refractivity contribution in [3.05, 3.63) is 70.5 Å². The minimum atomic E-state index is 0.00391. The fourth-order valence-corrected chi connectivity index (χ4v) is 4.19. The second-order valence-corrected chi connectivity index (χ2v) is 9.12. The molecule has 0 aliphatic carbocycles. The number of halogens is 1. The monoisotopic (exact) mass is 539 g/mol. The number of hydrogen-bond donors (Lipinski definition) is 0. The smallest absolute Gasteiger partial charge is 0.336 e. The Balaban J connectivity index is 1.75. The highest BCUT2D eigenvalue weighted by Gasteiger charge is 2.20. The number of benzene rings is 2. The molecule has 1 unspecified atom stereocenters. The van der Waals surface area contributed by atoms with Gasteiger partial charge in [0, 0.05) is 13.1 Å². The van der Waals surface area contributed by atoms with Crippen molar-refractivity contribution in [1.29, 1.82) is 0 Å². The maximum absolute atomic E-state index is 6.09. The van der Waals surface area contributed by atoms with Crippen molar-refractivity contribution in [2.24, 2.45) is 0 Å². The molecular weight excluding hydrogens is 510 g/mol. The van der Waals surface area contributed by atoms with E-state index < -0.39 is 0 Å². The molecule has 2 heterocycles. The molecule has 0 spiro atoms. The molecule has 0 saturated heterocycles. The number of ether oxygens (including phenoxy) is 3. The number of methoxy groups -OCH3 is 2. The molecule has 0 amide bonds. The van der Waals surface area contributed by atoms with Crippen molar-refractivity contribution in [2.75, 3.05) is 19.1 Å². The fourth-order valence-electron chi connectivity index (χ4n) is 3.84. The van der Waals surface area contributed by atoms with E-state index in [4.69, 9.17) is 19.2 Å². The molecule has 0 aliphatic heterocycles. The molecule has 0 aliphatic rings. The van der Waals surface area contributed by atoms with Gasteiger partial charge in [0.1, 0.15) is 16.1 Å². The maximum atomic E-state index is 6.09. The quantitative estimate of drug-likeness (QED) is 0.242. The molecule has 0 N–H and O–H groups in total. The van der Waals surface area contributed by atoms with Gasteiger partial charge in [-0.15, -0.1) is 5.10 Å². The van der Waals surface area contributed by atoms with Crippen LogP contribution in [0.3, 0.4) is 0 Å². The summed E-state index contributed by atoms with van der Waals surface area (Å²) >= 11 is 3.56. The van der Waals surface area contributed by atoms with Gasteiger partial charge in [0.2, 0.25) is 0 Å². The molecule has 4 rings (SSSR count). The summed E-state index contributed by atoms with van der Waals surface area (Å²) in [4.78, 5) is 11.6. The van der Waals surface area contributed by atoms with Crippen molar-refractivity contribution < 1.29 is 14.2 Å². The molecule has 0 bridgehead atoms. The second kappa shape index (κ2) is 11.4. The van der Waals surface area contributed by atoms with Gasteiger partial charge in [-0.25, -0.2) is 4.98 Å². The van der Waals surface area contributed by atoms with Crippen molar-refractivity contribution >= 4 is 27.4 Å². The first-order chi connectivity index (χ1) is 17.0. The first kappa shape index (κ1) is 24.8. The van der Waals surface area contributed by atoms with Crippen LogP contribution in [0, 0.1) is 0 Å². The minimum absolute atomic E-state index is 0.00391. The van der Waals surface area contributed by atoms with Gasteiger partial charge in [-0.2, -0.15) is 9.50 Å². The summed E-state index contributed by atoms with van der Waals surface area (Å²) in [5.74, 6) is 2.33. The summed E-state index contributed by atoms with van der Waals surface area (Å²) < 4.78 is 19.2. The van der Waals surface area contributed by atoms with E-state index in [1.165, 1.54) is 0 Å². The van der Waals surface area contributed by atoms with Crippen LogP contribution in [0.1, 0.15) is 37.8 Å². The number of hydrogen-bond acceptors (Lipinski definition) is 7. The van der Waals surface area contributed by atoms with Crippen molar-refractivity contribution in [1.82, 2.24) is 19.6 Å². The lowest BCUT2D eigenvalue weighted by Crippen LogP contribution is -2.25. The highest BCUT2D eigenvalue weighted by Crippen LogP contribution is 2.28. The van der Waals surface area contributed by atoms with Gasteiger partial charge in [0.05, 0.1) is 26.5 Å². The molecule has 0 radical (unpaired) electrons. The van der Waals surface area contributed by atoms with Crippen molar-refractivity contribution in [2.45, 2.75) is 45.9 Å². The lowest BCUT2D eigenvalue weighted by molar-refractivity contribution is 0.189. The molecule has 2 aromatic heterocycles. The first-order valence-corrected chi connectivity index (χ1v) is 12.4. The van der Waals surface area contributed by atoms with Crippen molar-refractivity contribution in [3.8, 4) is 17.5 Å². The summed E-state index contributed by atoms with van der Waals surface area (Å²) in [5.41, 5.74) is 2.88. The lowest BCUT2D eigenvalue weighted by atomic mass is 10.1. The van der Waals surface area contributed by atoms with E-state index in [2.05, 4.69) is 62.1 Å². The van der Waals surface area contributed by atoms with Crippen LogP contribution in [-0.2, 0) is 13.1 Å². The molecule has 2 aromatic carbocycles. The summed E-state index contributed by atoms with van der Waals surface area (Å²) in [6.07, 6.45) is 3.67. The van der Waals surface area contributed by atoms with Crippen LogP contribution in [0.15, 0.2) is 59.3 Å². The van der Waals surface area contributed by atoms with Gasteiger partial charge in [-0.1, -0.05) is 37.6 Å². The third-order valence-corrected chi connectivity index (χ3v) is 6.19. The standard InChI is InChI=1S/C26H30BrN5O3/c1-5-6-18(2)35-26-29-25(24-28-15-23(27)32(24)30-26)31(16-19-7-11-21(33-3)12-8-19)17-20-9-13-22(34-4)14-10-20/h7-15,18H,5-6,16-17H2,1-4H3. The van der Waals surface area contributed by atoms with Gasteiger partial charge >= 0.3 is 6.01 Å².